The van der Waals surface area contributed by atoms with Crippen molar-refractivity contribution in [1.29, 1.82) is 0 Å². The average molecular weight is 256 g/mol. The predicted molar refractivity (Wildman–Crippen MR) is 60.2 cm³/mol. The summed E-state index contributed by atoms with van der Waals surface area (Å²) in [6.45, 7) is 3.55. The van der Waals surface area contributed by atoms with Gasteiger partial charge in [-0.05, 0) is 6.07 Å². The Hall–Kier alpha value is -2.31. The number of halogens is 2. The first-order chi connectivity index (χ1) is 8.38. The lowest BCUT2D eigenvalue weighted by Gasteiger charge is -2.15. The molecule has 1 amide bonds. The molecule has 0 radical (unpaired) electrons. The third-order valence-corrected chi connectivity index (χ3v) is 2.21. The van der Waals surface area contributed by atoms with E-state index < -0.39 is 33.7 Å². The van der Waals surface area contributed by atoms with Crippen LogP contribution in [0.2, 0.25) is 0 Å². The predicted octanol–water partition coefficient (Wildman–Crippen LogP) is 2.13. The maximum atomic E-state index is 13.5. The van der Waals surface area contributed by atoms with E-state index in [1.807, 2.05) is 0 Å². The Morgan fingerprint density at radius 1 is 1.50 bits per heavy atom. The van der Waals surface area contributed by atoms with Gasteiger partial charge in [-0.2, -0.15) is 4.39 Å². The lowest BCUT2D eigenvalue weighted by atomic mass is 10.1. The molecule has 0 fully saturated rings. The first-order valence-electron chi connectivity index (χ1n) is 4.88. The van der Waals surface area contributed by atoms with Crippen LogP contribution in [0.25, 0.3) is 0 Å². The summed E-state index contributed by atoms with van der Waals surface area (Å²) in [5.74, 6) is -3.16. The number of rotatable bonds is 4. The molecule has 96 valence electrons. The van der Waals surface area contributed by atoms with E-state index in [1.54, 1.807) is 0 Å². The van der Waals surface area contributed by atoms with Crippen molar-refractivity contribution in [2.24, 2.45) is 0 Å². The third kappa shape index (κ3) is 2.68. The zero-order valence-electron chi connectivity index (χ0n) is 9.52. The Kier molecular flexibility index (Phi) is 4.09. The number of hydrogen-bond acceptors (Lipinski definition) is 3. The highest BCUT2D eigenvalue weighted by atomic mass is 19.1. The lowest BCUT2D eigenvalue weighted by molar-refractivity contribution is -0.387. The Morgan fingerprint density at radius 3 is 2.61 bits per heavy atom. The third-order valence-electron chi connectivity index (χ3n) is 2.21. The van der Waals surface area contributed by atoms with Crippen LogP contribution in [0.5, 0.6) is 0 Å². The fraction of sp³-hybridized carbons (Fsp3) is 0.182. The summed E-state index contributed by atoms with van der Waals surface area (Å²) in [5.41, 5.74) is -1.56. The molecule has 0 spiro atoms. The van der Waals surface area contributed by atoms with Gasteiger partial charge in [0.15, 0.2) is 0 Å². The van der Waals surface area contributed by atoms with Gasteiger partial charge in [0.05, 0.1) is 16.6 Å². The van der Waals surface area contributed by atoms with Crippen LogP contribution in [0.15, 0.2) is 24.8 Å². The molecule has 0 aliphatic heterocycles. The molecule has 0 N–H and O–H groups in total. The molecule has 0 unspecified atom stereocenters. The number of nitrogens with zero attached hydrogens (tertiary/aromatic N) is 2. The number of nitro groups is 1. The Bertz CT molecular complexity index is 517. The minimum absolute atomic E-state index is 0.150. The van der Waals surface area contributed by atoms with Crippen molar-refractivity contribution in [2.45, 2.75) is 0 Å². The molecule has 0 aliphatic carbocycles. The Balaban J connectivity index is 3.19. The van der Waals surface area contributed by atoms with Crippen molar-refractivity contribution in [3.8, 4) is 0 Å². The largest absolute Gasteiger partial charge is 0.338 e. The van der Waals surface area contributed by atoms with Gasteiger partial charge in [-0.25, -0.2) is 4.39 Å². The van der Waals surface area contributed by atoms with E-state index in [0.717, 1.165) is 4.90 Å². The van der Waals surface area contributed by atoms with Crippen molar-refractivity contribution in [2.75, 3.05) is 13.6 Å². The number of likely N-dealkylation sites (N-methyl/N-ethyl adjacent to an activating group) is 1. The number of nitro benzene ring substituents is 1. The molecule has 0 saturated heterocycles. The van der Waals surface area contributed by atoms with Gasteiger partial charge < -0.3 is 4.90 Å². The minimum atomic E-state index is -1.25. The molecule has 0 bridgehead atoms. The fourth-order valence-electron chi connectivity index (χ4n) is 1.32. The highest BCUT2D eigenvalue weighted by Gasteiger charge is 2.23. The molecule has 1 rings (SSSR count). The van der Waals surface area contributed by atoms with Crippen LogP contribution in [-0.2, 0) is 0 Å². The van der Waals surface area contributed by atoms with E-state index in [-0.39, 0.29) is 6.54 Å². The second-order valence-corrected chi connectivity index (χ2v) is 3.51. The van der Waals surface area contributed by atoms with Crippen molar-refractivity contribution in [3.05, 3.63) is 52.1 Å². The number of hydrogen-bond donors (Lipinski definition) is 0. The summed E-state index contributed by atoms with van der Waals surface area (Å²) >= 11 is 0. The molecule has 5 nitrogen and oxygen atoms in total. The highest BCUT2D eigenvalue weighted by Crippen LogP contribution is 2.22. The molecule has 0 aromatic heterocycles. The molecule has 1 aromatic rings. The number of carbonyl (C=O) groups excluding carboxylic acids is 1. The first-order valence-corrected chi connectivity index (χ1v) is 4.88. The average Bonchev–Trinajstić information content (AvgIpc) is 2.30. The molecular weight excluding hydrogens is 246 g/mol. The van der Waals surface area contributed by atoms with E-state index in [9.17, 15) is 23.7 Å². The molecule has 0 aliphatic rings. The molecular formula is C11H10F2N2O3. The minimum Gasteiger partial charge on any atom is -0.338 e. The van der Waals surface area contributed by atoms with E-state index in [4.69, 9.17) is 0 Å². The maximum absolute atomic E-state index is 13.5. The SMILES string of the molecule is C=CCN(C)C(=O)c1cc(F)c([N+](=O)[O-])cc1F. The van der Waals surface area contributed by atoms with Crippen LogP contribution in [-0.4, -0.2) is 29.3 Å². The fourth-order valence-corrected chi connectivity index (χ4v) is 1.32. The number of carbonyl (C=O) groups is 1. The van der Waals surface area contributed by atoms with Gasteiger partial charge in [0.25, 0.3) is 5.91 Å². The smallest absolute Gasteiger partial charge is 0.307 e. The summed E-state index contributed by atoms with van der Waals surface area (Å²) in [6, 6.07) is 0.916. The second-order valence-electron chi connectivity index (χ2n) is 3.51. The van der Waals surface area contributed by atoms with Gasteiger partial charge in [-0.3, -0.25) is 14.9 Å². The number of benzene rings is 1. The van der Waals surface area contributed by atoms with Gasteiger partial charge in [-0.1, -0.05) is 6.08 Å². The molecule has 1 aromatic carbocycles. The van der Waals surface area contributed by atoms with Gasteiger partial charge in [0.2, 0.25) is 5.82 Å². The Morgan fingerprint density at radius 2 is 2.11 bits per heavy atom. The monoisotopic (exact) mass is 256 g/mol. The van der Waals surface area contributed by atoms with E-state index in [2.05, 4.69) is 6.58 Å². The summed E-state index contributed by atoms with van der Waals surface area (Å²) in [4.78, 5) is 22.1. The van der Waals surface area contributed by atoms with Crippen LogP contribution in [0, 0.1) is 21.7 Å². The topological polar surface area (TPSA) is 63.5 Å². The summed E-state index contributed by atoms with van der Waals surface area (Å²) in [6.07, 6.45) is 1.41. The summed E-state index contributed by atoms with van der Waals surface area (Å²) in [5, 5.41) is 10.4. The van der Waals surface area contributed by atoms with Crippen molar-refractivity contribution < 1.29 is 18.5 Å². The van der Waals surface area contributed by atoms with Crippen molar-refractivity contribution in [1.82, 2.24) is 4.90 Å². The van der Waals surface area contributed by atoms with Crippen LogP contribution in [0.3, 0.4) is 0 Å². The van der Waals surface area contributed by atoms with E-state index in [1.165, 1.54) is 13.1 Å². The van der Waals surface area contributed by atoms with Crippen LogP contribution in [0.1, 0.15) is 10.4 Å². The van der Waals surface area contributed by atoms with Gasteiger partial charge in [0, 0.05) is 13.6 Å². The van der Waals surface area contributed by atoms with Gasteiger partial charge >= 0.3 is 5.69 Å². The van der Waals surface area contributed by atoms with Gasteiger partial charge in [0.1, 0.15) is 5.82 Å². The molecule has 7 heteroatoms. The normalized spacial score (nSPS) is 9.94. The maximum Gasteiger partial charge on any atom is 0.307 e. The quantitative estimate of drug-likeness (QED) is 0.471. The van der Waals surface area contributed by atoms with Crippen LogP contribution >= 0.6 is 0 Å². The zero-order valence-corrected chi connectivity index (χ0v) is 9.52. The first kappa shape index (κ1) is 13.8. The number of amides is 1. The molecule has 18 heavy (non-hydrogen) atoms. The summed E-state index contributed by atoms with van der Waals surface area (Å²) in [7, 11) is 1.38. The molecule has 0 saturated carbocycles. The van der Waals surface area contributed by atoms with Crippen LogP contribution < -0.4 is 0 Å². The summed E-state index contributed by atoms with van der Waals surface area (Å²) < 4.78 is 26.8. The van der Waals surface area contributed by atoms with Crippen molar-refractivity contribution in [3.63, 3.8) is 0 Å². The van der Waals surface area contributed by atoms with E-state index >= 15 is 0 Å². The van der Waals surface area contributed by atoms with Gasteiger partial charge in [-0.15, -0.1) is 6.58 Å². The molecule has 0 heterocycles. The zero-order chi connectivity index (χ0) is 13.9. The van der Waals surface area contributed by atoms with E-state index in [0.29, 0.717) is 12.1 Å². The Labute approximate surface area is 101 Å². The lowest BCUT2D eigenvalue weighted by Crippen LogP contribution is -2.27. The molecule has 0 atom stereocenters. The second kappa shape index (κ2) is 5.35. The van der Waals surface area contributed by atoms with Crippen molar-refractivity contribution >= 4 is 11.6 Å². The highest BCUT2D eigenvalue weighted by molar-refractivity contribution is 5.94. The standard InChI is InChI=1S/C11H10F2N2O3/c1-3-4-14(2)11(16)7-5-9(13)10(15(17)18)6-8(7)12/h3,5-6H,1,4H2,2H3. The van der Waals surface area contributed by atoms with Crippen LogP contribution in [0.4, 0.5) is 14.5 Å².